The van der Waals surface area contributed by atoms with Crippen LogP contribution in [-0.4, -0.2) is 23.4 Å². The van der Waals surface area contributed by atoms with Crippen LogP contribution in [0.4, 0.5) is 5.69 Å². The van der Waals surface area contributed by atoms with Crippen molar-refractivity contribution in [3.8, 4) is 5.75 Å². The summed E-state index contributed by atoms with van der Waals surface area (Å²) in [4.78, 5) is 10.3. The van der Waals surface area contributed by atoms with Crippen molar-refractivity contribution < 1.29 is 9.66 Å². The molecule has 0 saturated carbocycles. The summed E-state index contributed by atoms with van der Waals surface area (Å²) in [7, 11) is 1.61. The van der Waals surface area contributed by atoms with Crippen molar-refractivity contribution in [1.82, 2.24) is 10.7 Å². The third kappa shape index (κ3) is 5.70. The largest absolute Gasteiger partial charge is 0.497 e. The minimum absolute atomic E-state index is 0.0757. The standard InChI is InChI=1S/C16H15ClN4O3S/c1-24-13-5-2-11(3-6-13)9-18-16(25)20-19-10-12-4-7-14(17)15(8-12)21(22)23/h2-8,10H,9H2,1H3,(H2,18,20,25)/b19-10-. The van der Waals surface area contributed by atoms with Gasteiger partial charge in [-0.2, -0.15) is 5.10 Å². The zero-order chi connectivity index (χ0) is 18.2. The first-order valence-corrected chi connectivity index (χ1v) is 7.92. The second-order valence-corrected chi connectivity index (χ2v) is 5.68. The SMILES string of the molecule is COc1ccc(CNC(=S)N/N=C\c2ccc(Cl)c([N+](=O)[O-])c2)cc1. The van der Waals surface area contributed by atoms with Crippen LogP contribution < -0.4 is 15.5 Å². The first-order valence-electron chi connectivity index (χ1n) is 7.13. The first kappa shape index (κ1) is 18.6. The van der Waals surface area contributed by atoms with Gasteiger partial charge < -0.3 is 10.1 Å². The van der Waals surface area contributed by atoms with E-state index < -0.39 is 4.92 Å². The number of nitrogens with zero attached hydrogens (tertiary/aromatic N) is 2. The van der Waals surface area contributed by atoms with Crippen molar-refractivity contribution in [2.45, 2.75) is 6.54 Å². The Morgan fingerprint density at radius 1 is 1.36 bits per heavy atom. The molecule has 2 aromatic rings. The summed E-state index contributed by atoms with van der Waals surface area (Å²) in [6, 6.07) is 12.0. The van der Waals surface area contributed by atoms with Crippen LogP contribution in [0.3, 0.4) is 0 Å². The number of hydrazone groups is 1. The van der Waals surface area contributed by atoms with E-state index in [-0.39, 0.29) is 10.7 Å². The lowest BCUT2D eigenvalue weighted by Gasteiger charge is -2.07. The van der Waals surface area contributed by atoms with Crippen molar-refractivity contribution in [2.75, 3.05) is 7.11 Å². The summed E-state index contributed by atoms with van der Waals surface area (Å²) in [5, 5.41) is 18.2. The number of ether oxygens (including phenoxy) is 1. The van der Waals surface area contributed by atoms with Gasteiger partial charge in [0.15, 0.2) is 5.11 Å². The van der Waals surface area contributed by atoms with Crippen LogP contribution in [0, 0.1) is 10.1 Å². The van der Waals surface area contributed by atoms with Crippen LogP contribution in [0.5, 0.6) is 5.75 Å². The van der Waals surface area contributed by atoms with Gasteiger partial charge in [-0.05, 0) is 36.0 Å². The molecule has 0 fully saturated rings. The summed E-state index contributed by atoms with van der Waals surface area (Å²) in [6.07, 6.45) is 1.42. The fourth-order valence-electron chi connectivity index (χ4n) is 1.88. The highest BCUT2D eigenvalue weighted by molar-refractivity contribution is 7.80. The molecule has 0 aromatic heterocycles. The number of nitro groups is 1. The van der Waals surface area contributed by atoms with E-state index >= 15 is 0 Å². The second kappa shape index (κ2) is 8.95. The molecule has 2 N–H and O–H groups in total. The molecule has 0 spiro atoms. The number of benzene rings is 2. The monoisotopic (exact) mass is 378 g/mol. The summed E-state index contributed by atoms with van der Waals surface area (Å²) in [5.74, 6) is 0.783. The van der Waals surface area contributed by atoms with E-state index in [0.717, 1.165) is 11.3 Å². The molecule has 0 aliphatic rings. The molecule has 0 radical (unpaired) electrons. The Labute approximate surface area is 154 Å². The molecule has 25 heavy (non-hydrogen) atoms. The smallest absolute Gasteiger partial charge is 0.288 e. The molecule has 130 valence electrons. The van der Waals surface area contributed by atoms with Gasteiger partial charge in [-0.25, -0.2) is 0 Å². The molecule has 0 saturated heterocycles. The fourth-order valence-corrected chi connectivity index (χ4v) is 2.19. The average Bonchev–Trinajstić information content (AvgIpc) is 2.61. The minimum Gasteiger partial charge on any atom is -0.497 e. The van der Waals surface area contributed by atoms with Crippen molar-refractivity contribution in [3.05, 3.63) is 68.7 Å². The fraction of sp³-hybridized carbons (Fsp3) is 0.125. The van der Waals surface area contributed by atoms with E-state index in [4.69, 9.17) is 28.6 Å². The Morgan fingerprint density at radius 2 is 2.08 bits per heavy atom. The second-order valence-electron chi connectivity index (χ2n) is 4.87. The predicted molar refractivity (Wildman–Crippen MR) is 101 cm³/mol. The predicted octanol–water partition coefficient (Wildman–Crippen LogP) is 3.26. The highest BCUT2D eigenvalue weighted by atomic mass is 35.5. The maximum atomic E-state index is 10.8. The molecule has 0 bridgehead atoms. The van der Waals surface area contributed by atoms with Gasteiger partial charge in [0.05, 0.1) is 18.2 Å². The van der Waals surface area contributed by atoms with E-state index in [1.165, 1.54) is 18.3 Å². The number of rotatable bonds is 6. The number of hydrogen-bond acceptors (Lipinski definition) is 5. The number of thiocarbonyl (C=S) groups is 1. The van der Waals surface area contributed by atoms with Gasteiger partial charge in [0.2, 0.25) is 0 Å². The minimum atomic E-state index is -0.547. The van der Waals surface area contributed by atoms with Gasteiger partial charge in [-0.1, -0.05) is 29.8 Å². The molecule has 0 atom stereocenters. The Balaban J connectivity index is 1.85. The molecule has 7 nitrogen and oxygen atoms in total. The van der Waals surface area contributed by atoms with Crippen molar-refractivity contribution in [1.29, 1.82) is 0 Å². The lowest BCUT2D eigenvalue weighted by molar-refractivity contribution is -0.384. The van der Waals surface area contributed by atoms with Gasteiger partial charge in [-0.15, -0.1) is 0 Å². The average molecular weight is 379 g/mol. The van der Waals surface area contributed by atoms with E-state index in [1.807, 2.05) is 24.3 Å². The summed E-state index contributed by atoms with van der Waals surface area (Å²) in [6.45, 7) is 0.526. The molecule has 2 aromatic carbocycles. The van der Waals surface area contributed by atoms with Crippen LogP contribution in [0.15, 0.2) is 47.6 Å². The van der Waals surface area contributed by atoms with Crippen LogP contribution >= 0.6 is 23.8 Å². The zero-order valence-corrected chi connectivity index (χ0v) is 14.8. The molecular formula is C16H15ClN4O3S. The van der Waals surface area contributed by atoms with E-state index in [2.05, 4.69) is 15.8 Å². The number of hydrogen-bond donors (Lipinski definition) is 2. The molecular weight excluding hydrogens is 364 g/mol. The molecule has 0 aliphatic carbocycles. The van der Waals surface area contributed by atoms with Gasteiger partial charge >= 0.3 is 0 Å². The molecule has 2 rings (SSSR count). The molecule has 9 heteroatoms. The maximum absolute atomic E-state index is 10.8. The van der Waals surface area contributed by atoms with Crippen LogP contribution in [0.1, 0.15) is 11.1 Å². The van der Waals surface area contributed by atoms with Crippen LogP contribution in [0.25, 0.3) is 0 Å². The Kier molecular flexibility index (Phi) is 6.67. The lowest BCUT2D eigenvalue weighted by Crippen LogP contribution is -2.31. The topological polar surface area (TPSA) is 88.8 Å². The number of nitro benzene ring substituents is 1. The Morgan fingerprint density at radius 3 is 2.72 bits per heavy atom. The molecule has 0 heterocycles. The van der Waals surface area contributed by atoms with Gasteiger partial charge in [0.25, 0.3) is 5.69 Å². The normalized spacial score (nSPS) is 10.5. The van der Waals surface area contributed by atoms with Gasteiger partial charge in [-0.3, -0.25) is 15.5 Å². The molecule has 0 aliphatic heterocycles. The van der Waals surface area contributed by atoms with Crippen molar-refractivity contribution in [2.24, 2.45) is 5.10 Å². The lowest BCUT2D eigenvalue weighted by atomic mass is 10.2. The molecule has 0 unspecified atom stereocenters. The Hall–Kier alpha value is -2.71. The number of nitrogens with one attached hydrogen (secondary N) is 2. The van der Waals surface area contributed by atoms with Crippen molar-refractivity contribution >= 4 is 40.8 Å². The first-order chi connectivity index (χ1) is 12.0. The van der Waals surface area contributed by atoms with Gasteiger partial charge in [0, 0.05) is 18.2 Å². The van der Waals surface area contributed by atoms with Crippen molar-refractivity contribution in [3.63, 3.8) is 0 Å². The van der Waals surface area contributed by atoms with E-state index in [1.54, 1.807) is 13.2 Å². The van der Waals surface area contributed by atoms with E-state index in [0.29, 0.717) is 17.2 Å². The maximum Gasteiger partial charge on any atom is 0.288 e. The molecule has 0 amide bonds. The van der Waals surface area contributed by atoms with Crippen LogP contribution in [0.2, 0.25) is 5.02 Å². The number of methoxy groups -OCH3 is 1. The Bertz CT molecular complexity index is 796. The quantitative estimate of drug-likeness (QED) is 0.347. The van der Waals surface area contributed by atoms with E-state index in [9.17, 15) is 10.1 Å². The highest BCUT2D eigenvalue weighted by Gasteiger charge is 2.11. The summed E-state index contributed by atoms with van der Waals surface area (Å²) < 4.78 is 5.09. The highest BCUT2D eigenvalue weighted by Crippen LogP contribution is 2.24. The van der Waals surface area contributed by atoms with Gasteiger partial charge in [0.1, 0.15) is 10.8 Å². The third-order valence-corrected chi connectivity index (χ3v) is 3.71. The number of halogens is 1. The third-order valence-electron chi connectivity index (χ3n) is 3.16. The van der Waals surface area contributed by atoms with Crippen LogP contribution in [-0.2, 0) is 6.54 Å². The summed E-state index contributed by atoms with van der Waals surface area (Å²) >= 11 is 10.9. The summed E-state index contributed by atoms with van der Waals surface area (Å²) in [5.41, 5.74) is 4.03. The zero-order valence-electron chi connectivity index (χ0n) is 13.2.